The standard InChI is InChI=1S/C43H61N7O8/c1-44-40-37(52)9-8-35(41(40)57-27-23-51)38(53)29-45-16-21-47(2)39(54)13-25-56-24-12-33-5-3-4-32(28-33)10-17-48-19-14-43(15-20-48)31-49(22-26-58-43)42(55)36-11-18-50(46-36)30-34-6-7-34/h3-5,8-9,11,18,23,28,34,38,44-45,52-53H,6-7,10,12-17,19-22,24-27,29-31H2,1-2H3. The lowest BCUT2D eigenvalue weighted by molar-refractivity contribution is -0.131. The van der Waals surface area contributed by atoms with Crippen LogP contribution in [0.3, 0.4) is 0 Å². The van der Waals surface area contributed by atoms with Crippen LogP contribution in [0.4, 0.5) is 5.69 Å². The predicted octanol–water partition coefficient (Wildman–Crippen LogP) is 2.90. The number of benzene rings is 2. The Labute approximate surface area is 341 Å². The molecule has 2 aromatic carbocycles. The minimum Gasteiger partial charge on any atom is -0.506 e. The maximum Gasteiger partial charge on any atom is 0.274 e. The Kier molecular flexibility index (Phi) is 15.5. The van der Waals surface area contributed by atoms with Crippen LogP contribution < -0.4 is 15.4 Å². The second-order valence-electron chi connectivity index (χ2n) is 15.8. The topological polar surface area (TPSA) is 171 Å². The fourth-order valence-corrected chi connectivity index (χ4v) is 7.76. The molecule has 3 aromatic rings. The summed E-state index contributed by atoms with van der Waals surface area (Å²) in [6.45, 7) is 7.30. The summed E-state index contributed by atoms with van der Waals surface area (Å²) in [5.41, 5.74) is 3.48. The number of amides is 2. The lowest BCUT2D eigenvalue weighted by atomic mass is 9.89. The number of aldehydes is 1. The second kappa shape index (κ2) is 20.9. The Hall–Kier alpha value is -4.54. The number of hydrogen-bond donors (Lipinski definition) is 4. The number of morpholine rings is 1. The van der Waals surface area contributed by atoms with Crippen molar-refractivity contribution in [2.75, 3.05) is 98.2 Å². The number of aliphatic hydroxyl groups excluding tert-OH is 1. The fraction of sp³-hybridized carbons (Fsp3) is 0.581. The van der Waals surface area contributed by atoms with Crippen LogP contribution in [0.2, 0.25) is 0 Å². The Bertz CT molecular complexity index is 1810. The number of carbonyl (C=O) groups is 3. The molecule has 1 aliphatic carbocycles. The number of nitrogens with zero attached hydrogens (tertiary/aromatic N) is 5. The smallest absolute Gasteiger partial charge is 0.274 e. The Morgan fingerprint density at radius 3 is 2.66 bits per heavy atom. The van der Waals surface area contributed by atoms with E-state index in [0.717, 1.165) is 51.9 Å². The molecule has 3 heterocycles. The number of piperidine rings is 1. The fourth-order valence-electron chi connectivity index (χ4n) is 7.76. The summed E-state index contributed by atoms with van der Waals surface area (Å²) in [5.74, 6) is 0.865. The number of nitrogens with one attached hydrogen (secondary N) is 2. The number of phenols is 1. The highest BCUT2D eigenvalue weighted by Gasteiger charge is 2.41. The van der Waals surface area contributed by atoms with Crippen LogP contribution in [0.1, 0.15) is 65.4 Å². The summed E-state index contributed by atoms with van der Waals surface area (Å²) in [5, 5.41) is 31.5. The molecular weight excluding hydrogens is 743 g/mol. The van der Waals surface area contributed by atoms with E-state index in [1.165, 1.54) is 30.0 Å². The molecular formula is C43H61N7O8. The highest BCUT2D eigenvalue weighted by molar-refractivity contribution is 5.92. The van der Waals surface area contributed by atoms with Gasteiger partial charge in [-0.05, 0) is 73.8 Å². The van der Waals surface area contributed by atoms with E-state index < -0.39 is 6.10 Å². The average molecular weight is 804 g/mol. The molecule has 3 fully saturated rings. The second-order valence-corrected chi connectivity index (χ2v) is 15.8. The lowest BCUT2D eigenvalue weighted by Gasteiger charge is -2.47. The van der Waals surface area contributed by atoms with Gasteiger partial charge in [0.1, 0.15) is 23.7 Å². The van der Waals surface area contributed by atoms with E-state index in [9.17, 15) is 24.6 Å². The zero-order chi connectivity index (χ0) is 40.9. The van der Waals surface area contributed by atoms with Crippen LogP contribution in [-0.4, -0.2) is 151 Å². The molecule has 1 spiro atoms. The molecule has 1 aromatic heterocycles. The van der Waals surface area contributed by atoms with Gasteiger partial charge in [-0.2, -0.15) is 5.10 Å². The Morgan fingerprint density at radius 2 is 1.90 bits per heavy atom. The van der Waals surface area contributed by atoms with Crippen LogP contribution in [0, 0.1) is 5.92 Å². The van der Waals surface area contributed by atoms with E-state index in [2.05, 4.69) is 44.9 Å². The van der Waals surface area contributed by atoms with Gasteiger partial charge in [-0.3, -0.25) is 19.1 Å². The number of rotatable bonds is 22. The molecule has 0 radical (unpaired) electrons. The van der Waals surface area contributed by atoms with Gasteiger partial charge in [0.25, 0.3) is 5.91 Å². The monoisotopic (exact) mass is 803 g/mol. The maximum absolute atomic E-state index is 13.3. The molecule has 58 heavy (non-hydrogen) atoms. The number of aromatic nitrogens is 2. The summed E-state index contributed by atoms with van der Waals surface area (Å²) in [4.78, 5) is 42.9. The van der Waals surface area contributed by atoms with Gasteiger partial charge >= 0.3 is 0 Å². The number of hydrogen-bond acceptors (Lipinski definition) is 12. The van der Waals surface area contributed by atoms with Crippen LogP contribution in [0.5, 0.6) is 11.5 Å². The molecule has 1 saturated carbocycles. The lowest BCUT2D eigenvalue weighted by Crippen LogP contribution is -2.58. The molecule has 6 rings (SSSR count). The van der Waals surface area contributed by atoms with Crippen LogP contribution in [-0.2, 0) is 38.4 Å². The summed E-state index contributed by atoms with van der Waals surface area (Å²) in [6.07, 6.45) is 7.90. The number of likely N-dealkylation sites (N-methyl/N-ethyl adjacent to an activating group) is 1. The third-order valence-corrected chi connectivity index (χ3v) is 11.5. The van der Waals surface area contributed by atoms with Gasteiger partial charge in [0.05, 0.1) is 44.5 Å². The van der Waals surface area contributed by atoms with Crippen molar-refractivity contribution in [2.45, 2.75) is 63.2 Å². The van der Waals surface area contributed by atoms with Crippen molar-refractivity contribution < 1.29 is 38.8 Å². The maximum atomic E-state index is 13.3. The van der Waals surface area contributed by atoms with Gasteiger partial charge in [0.15, 0.2) is 12.0 Å². The Morgan fingerprint density at radius 1 is 1.10 bits per heavy atom. The van der Waals surface area contributed by atoms with E-state index in [1.54, 1.807) is 25.1 Å². The summed E-state index contributed by atoms with van der Waals surface area (Å²) in [7, 11) is 3.36. The van der Waals surface area contributed by atoms with Crippen LogP contribution in [0.15, 0.2) is 48.7 Å². The third-order valence-electron chi connectivity index (χ3n) is 11.5. The minimum atomic E-state index is -0.963. The summed E-state index contributed by atoms with van der Waals surface area (Å²) < 4.78 is 19.6. The average Bonchev–Trinajstić information content (AvgIpc) is 3.94. The zero-order valence-corrected chi connectivity index (χ0v) is 34.1. The van der Waals surface area contributed by atoms with Gasteiger partial charge in [-0.15, -0.1) is 0 Å². The quantitative estimate of drug-likeness (QED) is 0.0667. The van der Waals surface area contributed by atoms with E-state index in [-0.39, 0.29) is 48.5 Å². The van der Waals surface area contributed by atoms with Crippen LogP contribution >= 0.6 is 0 Å². The number of likely N-dealkylation sites (tertiary alicyclic amines) is 1. The molecule has 15 nitrogen and oxygen atoms in total. The first-order valence-electron chi connectivity index (χ1n) is 20.7. The van der Waals surface area contributed by atoms with Crippen molar-refractivity contribution in [3.63, 3.8) is 0 Å². The molecule has 1 unspecified atom stereocenters. The first kappa shape index (κ1) is 43.0. The summed E-state index contributed by atoms with van der Waals surface area (Å²) in [6, 6.07) is 13.5. The molecule has 2 aliphatic heterocycles. The third kappa shape index (κ3) is 12.0. The molecule has 1 atom stereocenters. The van der Waals surface area contributed by atoms with Gasteiger partial charge in [-0.1, -0.05) is 24.3 Å². The first-order valence-corrected chi connectivity index (χ1v) is 20.7. The highest BCUT2D eigenvalue weighted by atomic mass is 16.5. The molecule has 4 N–H and O–H groups in total. The highest BCUT2D eigenvalue weighted by Crippen LogP contribution is 2.39. The normalized spacial score (nSPS) is 17.3. The van der Waals surface area contributed by atoms with Crippen molar-refractivity contribution in [1.82, 2.24) is 29.8 Å². The predicted molar refractivity (Wildman–Crippen MR) is 219 cm³/mol. The molecule has 316 valence electrons. The van der Waals surface area contributed by atoms with Gasteiger partial charge in [0, 0.05) is 78.2 Å². The van der Waals surface area contributed by atoms with Crippen molar-refractivity contribution in [1.29, 1.82) is 0 Å². The van der Waals surface area contributed by atoms with Gasteiger partial charge in [-0.25, -0.2) is 0 Å². The van der Waals surface area contributed by atoms with E-state index in [0.29, 0.717) is 75.1 Å². The van der Waals surface area contributed by atoms with Crippen molar-refractivity contribution in [3.8, 4) is 11.5 Å². The van der Waals surface area contributed by atoms with Crippen molar-refractivity contribution in [3.05, 3.63) is 71.0 Å². The van der Waals surface area contributed by atoms with E-state index in [1.807, 2.05) is 21.8 Å². The van der Waals surface area contributed by atoms with Crippen molar-refractivity contribution >= 4 is 23.8 Å². The molecule has 15 heteroatoms. The van der Waals surface area contributed by atoms with Gasteiger partial charge < -0.3 is 49.8 Å². The van der Waals surface area contributed by atoms with Gasteiger partial charge in [0.2, 0.25) is 5.91 Å². The number of ether oxygens (including phenoxy) is 3. The number of aromatic hydroxyl groups is 1. The molecule has 2 saturated heterocycles. The summed E-state index contributed by atoms with van der Waals surface area (Å²) >= 11 is 0. The SMILES string of the molecule is CNc1c(O)ccc(C(O)CNCCN(C)C(=O)CCOCCc2cccc(CCN3CCC4(CC3)CN(C(=O)c3ccn(CC5CC5)n3)CCO4)c2)c1OCC=O. The minimum absolute atomic E-state index is 0.0119. The Balaban J connectivity index is 0.832. The first-order chi connectivity index (χ1) is 28.2. The zero-order valence-electron chi connectivity index (χ0n) is 34.1. The van der Waals surface area contributed by atoms with Crippen molar-refractivity contribution in [2.24, 2.45) is 5.92 Å². The largest absolute Gasteiger partial charge is 0.506 e. The van der Waals surface area contributed by atoms with Crippen LogP contribution in [0.25, 0.3) is 0 Å². The molecule has 0 bridgehead atoms. The van der Waals surface area contributed by atoms with E-state index in [4.69, 9.17) is 14.2 Å². The molecule has 3 aliphatic rings. The van der Waals surface area contributed by atoms with E-state index >= 15 is 0 Å². The number of phenolic OH excluding ortho intramolecular Hbond substituents is 1. The number of carbonyl (C=O) groups excluding carboxylic acids is 3. The number of anilines is 1. The molecule has 2 amide bonds. The number of aliphatic hydroxyl groups is 1.